The SMILES string of the molecule is C=CCOC(COC)[C@H]1O[C@@H]2OC(C)(C)O[C@@H]2[C@H]1OCC=C. The molecule has 0 saturated carbocycles. The van der Waals surface area contributed by atoms with Crippen molar-refractivity contribution < 1.29 is 28.4 Å². The van der Waals surface area contributed by atoms with E-state index in [1.54, 1.807) is 19.3 Å². The van der Waals surface area contributed by atoms with E-state index in [0.29, 0.717) is 19.8 Å². The first-order valence-electron chi connectivity index (χ1n) is 7.47. The van der Waals surface area contributed by atoms with Gasteiger partial charge in [0.05, 0.1) is 19.8 Å². The molecule has 6 heteroatoms. The zero-order chi connectivity index (χ0) is 16.2. The number of methoxy groups -OCH3 is 1. The highest BCUT2D eigenvalue weighted by Gasteiger charge is 2.57. The Morgan fingerprint density at radius 3 is 2.55 bits per heavy atom. The zero-order valence-corrected chi connectivity index (χ0v) is 13.5. The van der Waals surface area contributed by atoms with Gasteiger partial charge in [-0.25, -0.2) is 0 Å². The average Bonchev–Trinajstić information content (AvgIpc) is 2.93. The third kappa shape index (κ3) is 3.95. The van der Waals surface area contributed by atoms with Crippen LogP contribution < -0.4 is 0 Å². The van der Waals surface area contributed by atoms with Crippen LogP contribution in [0.4, 0.5) is 0 Å². The van der Waals surface area contributed by atoms with E-state index in [1.807, 2.05) is 13.8 Å². The first-order valence-corrected chi connectivity index (χ1v) is 7.47. The molecular weight excluding hydrogens is 288 g/mol. The average molecular weight is 314 g/mol. The van der Waals surface area contributed by atoms with Crippen LogP contribution in [0.25, 0.3) is 0 Å². The van der Waals surface area contributed by atoms with E-state index < -0.39 is 12.1 Å². The lowest BCUT2D eigenvalue weighted by Gasteiger charge is -2.30. The molecule has 0 aromatic carbocycles. The fourth-order valence-corrected chi connectivity index (χ4v) is 2.77. The van der Waals surface area contributed by atoms with Gasteiger partial charge in [-0.2, -0.15) is 0 Å². The molecular formula is C16H26O6. The highest BCUT2D eigenvalue weighted by atomic mass is 16.8. The van der Waals surface area contributed by atoms with Crippen LogP contribution in [0.15, 0.2) is 25.3 Å². The summed E-state index contributed by atoms with van der Waals surface area (Å²) in [5.41, 5.74) is 0. The molecule has 2 fully saturated rings. The molecule has 0 radical (unpaired) electrons. The maximum Gasteiger partial charge on any atom is 0.190 e. The third-order valence-corrected chi connectivity index (χ3v) is 3.56. The summed E-state index contributed by atoms with van der Waals surface area (Å²) in [4.78, 5) is 0. The van der Waals surface area contributed by atoms with Crippen LogP contribution in [0, 0.1) is 0 Å². The van der Waals surface area contributed by atoms with Gasteiger partial charge in [0.1, 0.15) is 24.4 Å². The predicted octanol–water partition coefficient (Wildman–Crippen LogP) is 1.65. The van der Waals surface area contributed by atoms with Gasteiger partial charge in [0.15, 0.2) is 12.1 Å². The van der Waals surface area contributed by atoms with E-state index in [2.05, 4.69) is 13.2 Å². The number of hydrogen-bond donors (Lipinski definition) is 0. The zero-order valence-electron chi connectivity index (χ0n) is 13.5. The molecule has 6 nitrogen and oxygen atoms in total. The van der Waals surface area contributed by atoms with Gasteiger partial charge in [-0.1, -0.05) is 12.2 Å². The van der Waals surface area contributed by atoms with Crippen LogP contribution in [0.1, 0.15) is 13.8 Å². The molecule has 0 amide bonds. The maximum atomic E-state index is 6.00. The Hall–Kier alpha value is -0.760. The summed E-state index contributed by atoms with van der Waals surface area (Å²) in [6.07, 6.45) is 1.67. The molecule has 2 saturated heterocycles. The molecule has 0 aromatic rings. The molecule has 0 N–H and O–H groups in total. The van der Waals surface area contributed by atoms with Crippen molar-refractivity contribution >= 4 is 0 Å². The third-order valence-electron chi connectivity index (χ3n) is 3.56. The summed E-state index contributed by atoms with van der Waals surface area (Å²) < 4.78 is 34.6. The molecule has 2 heterocycles. The van der Waals surface area contributed by atoms with Crippen LogP contribution in [0.3, 0.4) is 0 Å². The molecule has 0 spiro atoms. The molecule has 2 rings (SSSR count). The van der Waals surface area contributed by atoms with E-state index >= 15 is 0 Å². The second kappa shape index (κ2) is 7.68. The second-order valence-electron chi connectivity index (χ2n) is 5.77. The summed E-state index contributed by atoms with van der Waals surface area (Å²) in [6, 6.07) is 0. The van der Waals surface area contributed by atoms with Gasteiger partial charge >= 0.3 is 0 Å². The topological polar surface area (TPSA) is 55.4 Å². The van der Waals surface area contributed by atoms with Crippen LogP contribution in [-0.4, -0.2) is 63.4 Å². The van der Waals surface area contributed by atoms with Gasteiger partial charge in [-0.05, 0) is 13.8 Å². The number of ether oxygens (including phenoxy) is 6. The Balaban J connectivity index is 2.11. The van der Waals surface area contributed by atoms with Gasteiger partial charge in [-0.15, -0.1) is 13.2 Å². The molecule has 0 bridgehead atoms. The Labute approximate surface area is 132 Å². The Morgan fingerprint density at radius 2 is 1.91 bits per heavy atom. The quantitative estimate of drug-likeness (QED) is 0.603. The number of hydrogen-bond acceptors (Lipinski definition) is 6. The minimum atomic E-state index is -0.686. The Bertz CT molecular complexity index is 383. The lowest BCUT2D eigenvalue weighted by molar-refractivity contribution is -0.234. The fraction of sp³-hybridized carbons (Fsp3) is 0.750. The molecule has 2 aliphatic heterocycles. The molecule has 22 heavy (non-hydrogen) atoms. The van der Waals surface area contributed by atoms with Gasteiger partial charge in [0.25, 0.3) is 0 Å². The second-order valence-corrected chi connectivity index (χ2v) is 5.77. The Morgan fingerprint density at radius 1 is 1.18 bits per heavy atom. The highest BCUT2D eigenvalue weighted by Crippen LogP contribution is 2.40. The lowest BCUT2D eigenvalue weighted by Crippen LogP contribution is -2.45. The molecule has 5 atom stereocenters. The van der Waals surface area contributed by atoms with Crippen LogP contribution in [0.5, 0.6) is 0 Å². The monoisotopic (exact) mass is 314 g/mol. The van der Waals surface area contributed by atoms with Crippen molar-refractivity contribution in [1.29, 1.82) is 0 Å². The van der Waals surface area contributed by atoms with Gasteiger partial charge < -0.3 is 28.4 Å². The smallest absolute Gasteiger partial charge is 0.190 e. The minimum Gasteiger partial charge on any atom is -0.382 e. The van der Waals surface area contributed by atoms with Gasteiger partial charge in [0.2, 0.25) is 0 Å². The lowest BCUT2D eigenvalue weighted by atomic mass is 10.1. The minimum absolute atomic E-state index is 0.293. The number of rotatable bonds is 9. The van der Waals surface area contributed by atoms with Crippen molar-refractivity contribution in [2.24, 2.45) is 0 Å². The van der Waals surface area contributed by atoms with Crippen LogP contribution >= 0.6 is 0 Å². The van der Waals surface area contributed by atoms with Gasteiger partial charge in [-0.3, -0.25) is 0 Å². The predicted molar refractivity (Wildman–Crippen MR) is 80.4 cm³/mol. The summed E-state index contributed by atoms with van der Waals surface area (Å²) in [5, 5.41) is 0. The van der Waals surface area contributed by atoms with E-state index in [1.165, 1.54) is 0 Å². The largest absolute Gasteiger partial charge is 0.382 e. The van der Waals surface area contributed by atoms with Gasteiger partial charge in [0, 0.05) is 7.11 Å². The van der Waals surface area contributed by atoms with Crippen molar-refractivity contribution in [2.45, 2.75) is 50.3 Å². The Kier molecular flexibility index (Phi) is 6.14. The summed E-state index contributed by atoms with van der Waals surface area (Å²) >= 11 is 0. The number of fused-ring (bicyclic) bond motifs is 1. The van der Waals surface area contributed by atoms with Crippen molar-refractivity contribution in [2.75, 3.05) is 26.9 Å². The maximum absolute atomic E-state index is 6.00. The van der Waals surface area contributed by atoms with Crippen LogP contribution in [-0.2, 0) is 28.4 Å². The summed E-state index contributed by atoms with van der Waals surface area (Å²) in [7, 11) is 1.62. The first-order chi connectivity index (χ1) is 10.5. The standard InChI is InChI=1S/C16H26O6/c1-6-8-18-11(10-17-5)12-13(19-9-7-2)14-15(20-12)22-16(3,4)21-14/h6-7,11-15H,1-2,8-10H2,3-5H3/t11?,12-,13+,14-,15-/m1/s1. The van der Waals surface area contributed by atoms with Crippen molar-refractivity contribution in [1.82, 2.24) is 0 Å². The van der Waals surface area contributed by atoms with Crippen molar-refractivity contribution in [3.05, 3.63) is 25.3 Å². The first kappa shape index (κ1) is 17.6. The normalized spacial score (nSPS) is 34.3. The van der Waals surface area contributed by atoms with E-state index in [9.17, 15) is 0 Å². The van der Waals surface area contributed by atoms with E-state index in [-0.39, 0.29) is 24.4 Å². The van der Waals surface area contributed by atoms with Crippen molar-refractivity contribution in [3.63, 3.8) is 0 Å². The van der Waals surface area contributed by atoms with E-state index in [0.717, 1.165) is 0 Å². The molecule has 0 aromatic heterocycles. The molecule has 126 valence electrons. The molecule has 0 aliphatic carbocycles. The molecule has 1 unspecified atom stereocenters. The van der Waals surface area contributed by atoms with E-state index in [4.69, 9.17) is 28.4 Å². The summed E-state index contributed by atoms with van der Waals surface area (Å²) in [6.45, 7) is 12.3. The molecule has 2 aliphatic rings. The fourth-order valence-electron chi connectivity index (χ4n) is 2.77. The summed E-state index contributed by atoms with van der Waals surface area (Å²) in [5.74, 6) is -0.686. The highest BCUT2D eigenvalue weighted by molar-refractivity contribution is 4.98. The van der Waals surface area contributed by atoms with Crippen LogP contribution in [0.2, 0.25) is 0 Å². The van der Waals surface area contributed by atoms with Crippen molar-refractivity contribution in [3.8, 4) is 0 Å².